The maximum atomic E-state index is 5.12. The smallest absolute Gasteiger partial charge is 0.0618 e. The zero-order chi connectivity index (χ0) is 10.8. The first-order valence-corrected chi connectivity index (χ1v) is 8.16. The minimum atomic E-state index is 0.699. The third kappa shape index (κ3) is 2.32. The Hall–Kier alpha value is 0.0200. The fourth-order valence-electron chi connectivity index (χ4n) is 3.52. The molecule has 2 heteroatoms. The van der Waals surface area contributed by atoms with Crippen LogP contribution in [0.1, 0.15) is 57.8 Å². The first kappa shape index (κ1) is 11.1. The Bertz CT molecular complexity index is 268. The van der Waals surface area contributed by atoms with E-state index >= 15 is 0 Å². The molecule has 0 N–H and O–H groups in total. The van der Waals surface area contributed by atoms with E-state index in [2.05, 4.69) is 11.8 Å². The van der Waals surface area contributed by atoms with Gasteiger partial charge in [-0.3, -0.25) is 4.99 Å². The summed E-state index contributed by atoms with van der Waals surface area (Å²) in [6.07, 6.45) is 12.9. The first-order chi connectivity index (χ1) is 7.93. The molecule has 0 aromatic rings. The lowest BCUT2D eigenvalue weighted by Crippen LogP contribution is -2.35. The molecule has 0 aromatic heterocycles. The molecule has 16 heavy (non-hydrogen) atoms. The van der Waals surface area contributed by atoms with Crippen molar-refractivity contribution in [3.63, 3.8) is 0 Å². The van der Waals surface area contributed by atoms with Gasteiger partial charge in [0.25, 0.3) is 0 Å². The maximum absolute atomic E-state index is 5.12. The standard InChI is InChI=1S/C14H23NS/c1-2-6-11(7-3-1)13-10-16-14-9-5-4-8-12(14)15-13/h11-12,14H,1-10H2/t12-,14+/m0/s1. The summed E-state index contributed by atoms with van der Waals surface area (Å²) in [5.41, 5.74) is 1.59. The van der Waals surface area contributed by atoms with Gasteiger partial charge in [-0.1, -0.05) is 32.1 Å². The van der Waals surface area contributed by atoms with Crippen LogP contribution in [-0.4, -0.2) is 22.8 Å². The van der Waals surface area contributed by atoms with E-state index in [1.165, 1.54) is 63.5 Å². The van der Waals surface area contributed by atoms with Crippen molar-refractivity contribution in [2.75, 3.05) is 5.75 Å². The summed E-state index contributed by atoms with van der Waals surface area (Å²) in [6.45, 7) is 0. The van der Waals surface area contributed by atoms with Crippen molar-refractivity contribution in [1.29, 1.82) is 0 Å². The fraction of sp³-hybridized carbons (Fsp3) is 0.929. The third-order valence-electron chi connectivity index (χ3n) is 4.52. The van der Waals surface area contributed by atoms with Gasteiger partial charge in [0, 0.05) is 16.7 Å². The van der Waals surface area contributed by atoms with Gasteiger partial charge in [-0.25, -0.2) is 0 Å². The lowest BCUT2D eigenvalue weighted by molar-refractivity contribution is 0.422. The van der Waals surface area contributed by atoms with Crippen molar-refractivity contribution in [2.24, 2.45) is 10.9 Å². The van der Waals surface area contributed by atoms with E-state index in [0.717, 1.165) is 11.2 Å². The molecule has 1 aliphatic heterocycles. The Morgan fingerprint density at radius 2 is 1.62 bits per heavy atom. The van der Waals surface area contributed by atoms with Gasteiger partial charge < -0.3 is 0 Å². The SMILES string of the molecule is C1CCC(C2=N[C@H]3CCCC[C@H]3SC2)CC1. The monoisotopic (exact) mass is 237 g/mol. The minimum Gasteiger partial charge on any atom is -0.288 e. The summed E-state index contributed by atoms with van der Waals surface area (Å²) in [6, 6.07) is 0.699. The van der Waals surface area contributed by atoms with Crippen molar-refractivity contribution >= 4 is 17.5 Å². The molecule has 2 atom stereocenters. The predicted molar refractivity (Wildman–Crippen MR) is 72.5 cm³/mol. The van der Waals surface area contributed by atoms with Crippen LogP contribution in [0.3, 0.4) is 0 Å². The summed E-state index contributed by atoms with van der Waals surface area (Å²) in [4.78, 5) is 5.12. The highest BCUT2D eigenvalue weighted by Crippen LogP contribution is 2.37. The van der Waals surface area contributed by atoms with E-state index in [1.807, 2.05) is 0 Å². The van der Waals surface area contributed by atoms with Gasteiger partial charge >= 0.3 is 0 Å². The minimum absolute atomic E-state index is 0.699. The zero-order valence-corrected chi connectivity index (χ0v) is 11.0. The molecular formula is C14H23NS. The molecule has 2 aliphatic carbocycles. The Labute approximate surface area is 103 Å². The average Bonchev–Trinajstić information content (AvgIpc) is 2.39. The second-order valence-electron chi connectivity index (χ2n) is 5.66. The molecule has 1 heterocycles. The van der Waals surface area contributed by atoms with Crippen molar-refractivity contribution in [2.45, 2.75) is 69.1 Å². The van der Waals surface area contributed by atoms with Crippen molar-refractivity contribution in [3.05, 3.63) is 0 Å². The normalized spacial score (nSPS) is 36.6. The molecule has 0 bridgehead atoms. The number of rotatable bonds is 1. The van der Waals surface area contributed by atoms with Crippen LogP contribution in [0.4, 0.5) is 0 Å². The lowest BCUT2D eigenvalue weighted by Gasteiger charge is -2.35. The van der Waals surface area contributed by atoms with E-state index < -0.39 is 0 Å². The predicted octanol–water partition coefficient (Wildman–Crippen LogP) is 4.07. The van der Waals surface area contributed by atoms with Gasteiger partial charge in [0.1, 0.15) is 0 Å². The van der Waals surface area contributed by atoms with Crippen LogP contribution in [-0.2, 0) is 0 Å². The highest BCUT2D eigenvalue weighted by atomic mass is 32.2. The summed E-state index contributed by atoms with van der Waals surface area (Å²) >= 11 is 2.22. The third-order valence-corrected chi connectivity index (χ3v) is 5.96. The Morgan fingerprint density at radius 3 is 2.50 bits per heavy atom. The highest BCUT2D eigenvalue weighted by Gasteiger charge is 2.31. The molecule has 90 valence electrons. The van der Waals surface area contributed by atoms with Gasteiger partial charge in [0.05, 0.1) is 6.04 Å². The molecule has 0 unspecified atom stereocenters. The summed E-state index contributed by atoms with van der Waals surface area (Å²) in [7, 11) is 0. The topological polar surface area (TPSA) is 12.4 Å². The van der Waals surface area contributed by atoms with Crippen LogP contribution in [0, 0.1) is 5.92 Å². The fourth-order valence-corrected chi connectivity index (χ4v) is 4.97. The summed E-state index contributed by atoms with van der Waals surface area (Å²) in [5.74, 6) is 2.12. The second-order valence-corrected chi connectivity index (χ2v) is 6.88. The summed E-state index contributed by atoms with van der Waals surface area (Å²) < 4.78 is 0. The number of aliphatic imine (C=N–C) groups is 1. The van der Waals surface area contributed by atoms with E-state index in [0.29, 0.717) is 6.04 Å². The Kier molecular flexibility index (Phi) is 3.56. The van der Waals surface area contributed by atoms with Gasteiger partial charge in [0.2, 0.25) is 0 Å². The number of fused-ring (bicyclic) bond motifs is 1. The number of thioether (sulfide) groups is 1. The van der Waals surface area contributed by atoms with Gasteiger partial charge in [-0.2, -0.15) is 11.8 Å². The van der Waals surface area contributed by atoms with E-state index in [1.54, 1.807) is 5.71 Å². The summed E-state index contributed by atoms with van der Waals surface area (Å²) in [5, 5.41) is 0.876. The number of nitrogens with zero attached hydrogens (tertiary/aromatic N) is 1. The maximum Gasteiger partial charge on any atom is 0.0618 e. The van der Waals surface area contributed by atoms with Crippen LogP contribution in [0.2, 0.25) is 0 Å². The molecule has 3 aliphatic rings. The van der Waals surface area contributed by atoms with Gasteiger partial charge in [-0.05, 0) is 31.6 Å². The Morgan fingerprint density at radius 1 is 0.875 bits per heavy atom. The average molecular weight is 237 g/mol. The van der Waals surface area contributed by atoms with Crippen molar-refractivity contribution < 1.29 is 0 Å². The van der Waals surface area contributed by atoms with E-state index in [9.17, 15) is 0 Å². The number of hydrogen-bond donors (Lipinski definition) is 0. The molecule has 0 radical (unpaired) electrons. The molecule has 0 saturated heterocycles. The highest BCUT2D eigenvalue weighted by molar-refractivity contribution is 8.00. The van der Waals surface area contributed by atoms with Crippen LogP contribution in [0.15, 0.2) is 4.99 Å². The van der Waals surface area contributed by atoms with Gasteiger partial charge in [-0.15, -0.1) is 0 Å². The number of hydrogen-bond acceptors (Lipinski definition) is 2. The molecule has 2 fully saturated rings. The van der Waals surface area contributed by atoms with Crippen molar-refractivity contribution in [3.8, 4) is 0 Å². The van der Waals surface area contributed by atoms with E-state index in [4.69, 9.17) is 4.99 Å². The van der Waals surface area contributed by atoms with Gasteiger partial charge in [0.15, 0.2) is 0 Å². The largest absolute Gasteiger partial charge is 0.288 e. The second kappa shape index (κ2) is 5.12. The van der Waals surface area contributed by atoms with Crippen LogP contribution in [0.25, 0.3) is 0 Å². The van der Waals surface area contributed by atoms with Crippen LogP contribution in [0.5, 0.6) is 0 Å². The van der Waals surface area contributed by atoms with Crippen LogP contribution >= 0.6 is 11.8 Å². The molecule has 0 aromatic carbocycles. The molecular weight excluding hydrogens is 214 g/mol. The van der Waals surface area contributed by atoms with E-state index in [-0.39, 0.29) is 0 Å². The zero-order valence-electron chi connectivity index (χ0n) is 10.2. The lowest BCUT2D eigenvalue weighted by atomic mass is 9.85. The Balaban J connectivity index is 1.68. The van der Waals surface area contributed by atoms with Crippen molar-refractivity contribution in [1.82, 2.24) is 0 Å². The first-order valence-electron chi connectivity index (χ1n) is 7.11. The molecule has 0 spiro atoms. The quantitative estimate of drug-likeness (QED) is 0.670. The van der Waals surface area contributed by atoms with Crippen LogP contribution < -0.4 is 0 Å². The molecule has 3 rings (SSSR count). The molecule has 1 nitrogen and oxygen atoms in total. The molecule has 2 saturated carbocycles. The molecule has 0 amide bonds.